The SMILES string of the molecule is Cc1cc(C)cc(CC(=O)N2CCC2(C)C(=O)NS(=O)(=O)c2ccc(Br)cc2)c1. The third-order valence-corrected chi connectivity index (χ3v) is 7.07. The topological polar surface area (TPSA) is 83.6 Å². The summed E-state index contributed by atoms with van der Waals surface area (Å²) in [4.78, 5) is 27.0. The van der Waals surface area contributed by atoms with Crippen LogP contribution < -0.4 is 4.72 Å². The van der Waals surface area contributed by atoms with E-state index in [1.807, 2.05) is 32.0 Å². The molecule has 0 radical (unpaired) electrons. The summed E-state index contributed by atoms with van der Waals surface area (Å²) in [5.74, 6) is -0.889. The lowest BCUT2D eigenvalue weighted by molar-refractivity contribution is -0.156. The van der Waals surface area contributed by atoms with E-state index in [0.29, 0.717) is 13.0 Å². The molecule has 1 aliphatic rings. The largest absolute Gasteiger partial charge is 0.328 e. The molecule has 1 fully saturated rings. The van der Waals surface area contributed by atoms with Crippen LogP contribution in [0.1, 0.15) is 30.0 Å². The number of rotatable bonds is 5. The van der Waals surface area contributed by atoms with Gasteiger partial charge >= 0.3 is 0 Å². The van der Waals surface area contributed by atoms with Crippen molar-refractivity contribution in [3.63, 3.8) is 0 Å². The fraction of sp³-hybridized carbons (Fsp3) is 0.333. The summed E-state index contributed by atoms with van der Waals surface area (Å²) >= 11 is 3.25. The monoisotopic (exact) mass is 478 g/mol. The molecule has 1 N–H and O–H groups in total. The highest BCUT2D eigenvalue weighted by atomic mass is 79.9. The summed E-state index contributed by atoms with van der Waals surface area (Å²) < 4.78 is 27.9. The molecule has 1 heterocycles. The van der Waals surface area contributed by atoms with Gasteiger partial charge in [-0.2, -0.15) is 0 Å². The number of aryl methyl sites for hydroxylation is 2. The summed E-state index contributed by atoms with van der Waals surface area (Å²) in [6.45, 7) is 5.96. The van der Waals surface area contributed by atoms with Gasteiger partial charge in [-0.05, 0) is 57.0 Å². The number of hydrogen-bond donors (Lipinski definition) is 1. The predicted octanol–water partition coefficient (Wildman–Crippen LogP) is 3.10. The van der Waals surface area contributed by atoms with Crippen LogP contribution in [0.5, 0.6) is 0 Å². The first-order valence-electron chi connectivity index (χ1n) is 9.22. The highest BCUT2D eigenvalue weighted by Gasteiger charge is 2.50. The Morgan fingerprint density at radius 1 is 1.10 bits per heavy atom. The molecule has 1 aliphatic heterocycles. The summed E-state index contributed by atoms with van der Waals surface area (Å²) in [7, 11) is -4.01. The second kappa shape index (κ2) is 7.91. The molecule has 1 atom stereocenters. The Balaban J connectivity index is 1.73. The van der Waals surface area contributed by atoms with Gasteiger partial charge in [0.15, 0.2) is 0 Å². The summed E-state index contributed by atoms with van der Waals surface area (Å²) in [5, 5.41) is 0. The minimum atomic E-state index is -4.01. The third kappa shape index (κ3) is 4.53. The van der Waals surface area contributed by atoms with Crippen LogP contribution in [-0.4, -0.2) is 37.2 Å². The van der Waals surface area contributed by atoms with Crippen LogP contribution in [0.25, 0.3) is 0 Å². The number of nitrogens with one attached hydrogen (secondary N) is 1. The lowest BCUT2D eigenvalue weighted by atomic mass is 9.85. The molecule has 2 aromatic rings. The van der Waals surface area contributed by atoms with Gasteiger partial charge in [-0.15, -0.1) is 0 Å². The van der Waals surface area contributed by atoms with Crippen molar-refractivity contribution in [2.45, 2.75) is 44.0 Å². The predicted molar refractivity (Wildman–Crippen MR) is 114 cm³/mol. The molecule has 0 spiro atoms. The number of carbonyl (C=O) groups excluding carboxylic acids is 2. The number of amides is 2. The molecule has 154 valence electrons. The van der Waals surface area contributed by atoms with Crippen LogP contribution in [0.2, 0.25) is 0 Å². The Kier molecular flexibility index (Phi) is 5.87. The number of sulfonamides is 1. The van der Waals surface area contributed by atoms with E-state index in [1.54, 1.807) is 19.1 Å². The quantitative estimate of drug-likeness (QED) is 0.715. The van der Waals surface area contributed by atoms with E-state index in [-0.39, 0.29) is 17.2 Å². The zero-order valence-corrected chi connectivity index (χ0v) is 18.9. The molecule has 2 aromatic carbocycles. The molecule has 8 heteroatoms. The molecule has 3 rings (SSSR count). The van der Waals surface area contributed by atoms with E-state index in [9.17, 15) is 18.0 Å². The minimum absolute atomic E-state index is 0.00918. The number of benzene rings is 2. The normalized spacial score (nSPS) is 18.8. The molecule has 0 aliphatic carbocycles. The Hall–Kier alpha value is -2.19. The number of hydrogen-bond acceptors (Lipinski definition) is 4. The fourth-order valence-corrected chi connectivity index (χ4v) is 4.88. The van der Waals surface area contributed by atoms with Crippen LogP contribution in [0.4, 0.5) is 0 Å². The van der Waals surface area contributed by atoms with Crippen LogP contribution in [0.15, 0.2) is 51.8 Å². The molecule has 1 unspecified atom stereocenters. The molecule has 6 nitrogen and oxygen atoms in total. The van der Waals surface area contributed by atoms with Crippen molar-refractivity contribution < 1.29 is 18.0 Å². The van der Waals surface area contributed by atoms with Gasteiger partial charge in [0.05, 0.1) is 11.3 Å². The Morgan fingerprint density at radius 2 is 1.69 bits per heavy atom. The first-order chi connectivity index (χ1) is 13.5. The van der Waals surface area contributed by atoms with E-state index in [0.717, 1.165) is 21.2 Å². The van der Waals surface area contributed by atoms with Crippen LogP contribution in [0.3, 0.4) is 0 Å². The van der Waals surface area contributed by atoms with Gasteiger partial charge in [0.25, 0.3) is 15.9 Å². The number of carbonyl (C=O) groups is 2. The smallest absolute Gasteiger partial charge is 0.264 e. The van der Waals surface area contributed by atoms with Crippen molar-refractivity contribution in [2.75, 3.05) is 6.54 Å². The van der Waals surface area contributed by atoms with E-state index < -0.39 is 21.5 Å². The zero-order valence-electron chi connectivity index (χ0n) is 16.5. The van der Waals surface area contributed by atoms with Crippen molar-refractivity contribution in [1.82, 2.24) is 9.62 Å². The first kappa shape index (κ1) is 21.5. The summed E-state index contributed by atoms with van der Waals surface area (Å²) in [5.41, 5.74) is 1.83. The first-order valence-corrected chi connectivity index (χ1v) is 11.5. The Bertz CT molecular complexity index is 1050. The molecule has 0 bridgehead atoms. The van der Waals surface area contributed by atoms with E-state index in [2.05, 4.69) is 20.7 Å². The fourth-order valence-electron chi connectivity index (χ4n) is 3.54. The van der Waals surface area contributed by atoms with Gasteiger partial charge in [0.1, 0.15) is 5.54 Å². The molecule has 0 saturated carbocycles. The molecular formula is C21H23BrN2O4S. The molecule has 2 amide bonds. The van der Waals surface area contributed by atoms with Gasteiger partial charge in [0, 0.05) is 11.0 Å². The number of likely N-dealkylation sites (tertiary alicyclic amines) is 1. The highest BCUT2D eigenvalue weighted by molar-refractivity contribution is 9.10. The number of nitrogens with zero attached hydrogens (tertiary/aromatic N) is 1. The van der Waals surface area contributed by atoms with Gasteiger partial charge < -0.3 is 4.90 Å². The maximum atomic E-state index is 12.8. The maximum absolute atomic E-state index is 12.8. The van der Waals surface area contributed by atoms with Crippen molar-refractivity contribution >= 4 is 37.8 Å². The van der Waals surface area contributed by atoms with Crippen molar-refractivity contribution in [1.29, 1.82) is 0 Å². The Labute approximate surface area is 179 Å². The second-order valence-corrected chi connectivity index (χ2v) is 10.2. The van der Waals surface area contributed by atoms with Crippen molar-refractivity contribution in [3.8, 4) is 0 Å². The molecular weight excluding hydrogens is 456 g/mol. The lowest BCUT2D eigenvalue weighted by Gasteiger charge is -2.49. The van der Waals surface area contributed by atoms with E-state index >= 15 is 0 Å². The van der Waals surface area contributed by atoms with Crippen LogP contribution >= 0.6 is 15.9 Å². The van der Waals surface area contributed by atoms with Crippen LogP contribution in [-0.2, 0) is 26.0 Å². The Morgan fingerprint density at radius 3 is 2.21 bits per heavy atom. The molecule has 29 heavy (non-hydrogen) atoms. The van der Waals surface area contributed by atoms with Gasteiger partial charge in [0.2, 0.25) is 5.91 Å². The minimum Gasteiger partial charge on any atom is -0.328 e. The third-order valence-electron chi connectivity index (χ3n) is 5.20. The van der Waals surface area contributed by atoms with Crippen molar-refractivity contribution in [3.05, 3.63) is 63.6 Å². The van der Waals surface area contributed by atoms with Crippen molar-refractivity contribution in [2.24, 2.45) is 0 Å². The average Bonchev–Trinajstić information content (AvgIpc) is 2.59. The lowest BCUT2D eigenvalue weighted by Crippen LogP contribution is -2.68. The van der Waals surface area contributed by atoms with E-state index in [4.69, 9.17) is 0 Å². The van der Waals surface area contributed by atoms with Gasteiger partial charge in [-0.1, -0.05) is 45.3 Å². The van der Waals surface area contributed by atoms with Gasteiger partial charge in [-0.25, -0.2) is 13.1 Å². The van der Waals surface area contributed by atoms with Gasteiger partial charge in [-0.3, -0.25) is 9.59 Å². The highest BCUT2D eigenvalue weighted by Crippen LogP contribution is 2.32. The zero-order chi connectivity index (χ0) is 21.4. The molecule has 0 aromatic heterocycles. The standard InChI is InChI=1S/C21H23BrN2O4S/c1-14-10-15(2)12-16(11-14)13-19(25)24-9-8-21(24,3)20(26)23-29(27,28)18-6-4-17(22)5-7-18/h4-7,10-12H,8-9,13H2,1-3H3,(H,23,26). The summed E-state index contributed by atoms with van der Waals surface area (Å²) in [6, 6.07) is 11.9. The number of halogens is 1. The average molecular weight is 479 g/mol. The maximum Gasteiger partial charge on any atom is 0.264 e. The van der Waals surface area contributed by atoms with E-state index in [1.165, 1.54) is 17.0 Å². The second-order valence-electron chi connectivity index (χ2n) is 7.63. The summed E-state index contributed by atoms with van der Waals surface area (Å²) in [6.07, 6.45) is 0.581. The van der Waals surface area contributed by atoms with Crippen LogP contribution in [0, 0.1) is 13.8 Å². The molecule has 1 saturated heterocycles.